The number of hydrogen-bond donors (Lipinski definition) is 1. The highest BCUT2D eigenvalue weighted by molar-refractivity contribution is 7.05. The average Bonchev–Trinajstić information content (AvgIpc) is 3.32. The van der Waals surface area contributed by atoms with E-state index < -0.39 is 6.10 Å². The molecular formula is C18H21N5O3S. The Kier molecular flexibility index (Phi) is 5.13. The normalized spacial score (nSPS) is 24.5. The Balaban J connectivity index is 1.34. The smallest absolute Gasteiger partial charge is 0.275 e. The molecule has 2 aliphatic heterocycles. The molecule has 8 nitrogen and oxygen atoms in total. The van der Waals surface area contributed by atoms with Crippen LogP contribution in [0.25, 0.3) is 0 Å². The molecule has 0 spiro atoms. The maximum atomic E-state index is 12.7. The fraction of sp³-hybridized carbons (Fsp3) is 0.500. The molecule has 1 N–H and O–H groups in total. The highest BCUT2D eigenvalue weighted by Crippen LogP contribution is 2.32. The van der Waals surface area contributed by atoms with Gasteiger partial charge in [0.15, 0.2) is 5.69 Å². The highest BCUT2D eigenvalue weighted by Gasteiger charge is 2.44. The summed E-state index contributed by atoms with van der Waals surface area (Å²) >= 11 is 1.23. The third-order valence-corrected chi connectivity index (χ3v) is 5.76. The number of nitrogens with zero attached hydrogens (tertiary/aromatic N) is 4. The van der Waals surface area contributed by atoms with Gasteiger partial charge >= 0.3 is 0 Å². The van der Waals surface area contributed by atoms with Crippen LogP contribution in [0, 0.1) is 6.92 Å². The minimum absolute atomic E-state index is 0.00144. The van der Waals surface area contributed by atoms with Crippen LogP contribution in [0.15, 0.2) is 24.4 Å². The number of ether oxygens (including phenoxy) is 1. The van der Waals surface area contributed by atoms with Gasteiger partial charge in [0.25, 0.3) is 5.91 Å². The molecule has 4 rings (SSSR count). The van der Waals surface area contributed by atoms with Crippen molar-refractivity contribution in [1.29, 1.82) is 0 Å². The lowest BCUT2D eigenvalue weighted by Crippen LogP contribution is -2.49. The van der Waals surface area contributed by atoms with E-state index in [4.69, 9.17) is 4.74 Å². The Labute approximate surface area is 161 Å². The average molecular weight is 387 g/mol. The van der Waals surface area contributed by atoms with Gasteiger partial charge in [0, 0.05) is 12.7 Å². The molecule has 2 amide bonds. The number of amides is 2. The number of aryl methyl sites for hydroxylation is 1. The molecule has 27 heavy (non-hydrogen) atoms. The predicted molar refractivity (Wildman–Crippen MR) is 98.1 cm³/mol. The summed E-state index contributed by atoms with van der Waals surface area (Å²) in [5, 5.41) is 6.85. The first-order chi connectivity index (χ1) is 13.1. The Hall–Kier alpha value is -2.39. The molecule has 142 valence electrons. The van der Waals surface area contributed by atoms with Crippen molar-refractivity contribution in [2.45, 2.75) is 51.0 Å². The number of likely N-dealkylation sites (tertiary alicyclic amines) is 1. The number of carbonyl (C=O) groups is 2. The van der Waals surface area contributed by atoms with Crippen molar-refractivity contribution in [1.82, 2.24) is 24.8 Å². The number of carbonyl (C=O) groups excluding carboxylic acids is 2. The molecule has 0 aliphatic carbocycles. The number of nitrogens with one attached hydrogen (secondary N) is 1. The van der Waals surface area contributed by atoms with Crippen molar-refractivity contribution in [3.8, 4) is 0 Å². The van der Waals surface area contributed by atoms with Crippen molar-refractivity contribution in [3.63, 3.8) is 0 Å². The summed E-state index contributed by atoms with van der Waals surface area (Å²) in [6.45, 7) is 2.85. The lowest BCUT2D eigenvalue weighted by atomic mass is 9.98. The van der Waals surface area contributed by atoms with Gasteiger partial charge in [-0.25, -0.2) is 0 Å². The van der Waals surface area contributed by atoms with Crippen LogP contribution in [-0.2, 0) is 16.1 Å². The van der Waals surface area contributed by atoms with Crippen molar-refractivity contribution in [2.24, 2.45) is 0 Å². The number of aromatic nitrogens is 3. The molecule has 2 aliphatic rings. The Morgan fingerprint density at radius 1 is 1.33 bits per heavy atom. The first-order valence-electron chi connectivity index (χ1n) is 9.06. The topological polar surface area (TPSA) is 97.3 Å². The van der Waals surface area contributed by atoms with Crippen molar-refractivity contribution >= 4 is 23.3 Å². The van der Waals surface area contributed by atoms with Crippen LogP contribution >= 0.6 is 11.5 Å². The molecule has 4 heterocycles. The molecular weight excluding hydrogens is 366 g/mol. The molecule has 0 aromatic carbocycles. The second-order valence-corrected chi connectivity index (χ2v) is 7.77. The van der Waals surface area contributed by atoms with Crippen molar-refractivity contribution in [2.75, 3.05) is 6.54 Å². The molecule has 0 unspecified atom stereocenters. The van der Waals surface area contributed by atoms with Crippen LogP contribution < -0.4 is 5.32 Å². The highest BCUT2D eigenvalue weighted by atomic mass is 32.1. The summed E-state index contributed by atoms with van der Waals surface area (Å²) in [5.41, 5.74) is 1.24. The molecule has 0 saturated carbocycles. The summed E-state index contributed by atoms with van der Waals surface area (Å²) in [6.07, 6.45) is 3.18. The van der Waals surface area contributed by atoms with Gasteiger partial charge in [0.05, 0.1) is 29.3 Å². The van der Waals surface area contributed by atoms with Crippen LogP contribution in [0.5, 0.6) is 0 Å². The van der Waals surface area contributed by atoms with Crippen LogP contribution in [-0.4, -0.2) is 56.1 Å². The summed E-state index contributed by atoms with van der Waals surface area (Å²) < 4.78 is 9.88. The first kappa shape index (κ1) is 18.0. The minimum Gasteiger partial charge on any atom is -0.363 e. The molecule has 2 fully saturated rings. The van der Waals surface area contributed by atoms with Gasteiger partial charge in [0.2, 0.25) is 5.91 Å². The predicted octanol–water partition coefficient (Wildman–Crippen LogP) is 1.32. The third-order valence-electron chi connectivity index (χ3n) is 5.13. The maximum absolute atomic E-state index is 12.7. The second-order valence-electron chi connectivity index (χ2n) is 6.81. The fourth-order valence-electron chi connectivity index (χ4n) is 3.73. The molecule has 0 bridgehead atoms. The lowest BCUT2D eigenvalue weighted by Gasteiger charge is -2.35. The van der Waals surface area contributed by atoms with Gasteiger partial charge < -0.3 is 15.0 Å². The van der Waals surface area contributed by atoms with Gasteiger partial charge in [-0.05, 0) is 49.9 Å². The second kappa shape index (κ2) is 7.69. The Morgan fingerprint density at radius 3 is 2.96 bits per heavy atom. The Morgan fingerprint density at radius 2 is 2.22 bits per heavy atom. The standard InChI is InChI=1S/C18H21N5O3S/c1-11-16(21-22-27-11)18(25)23-9-7-14-13(23)5-6-15(26-14)17(24)20-10-12-4-2-3-8-19-12/h2-4,8,13-15H,5-7,9-10H2,1H3,(H,20,24)/t13-,14-,15-/m1/s1. The van der Waals surface area contributed by atoms with E-state index in [1.54, 1.807) is 6.20 Å². The van der Waals surface area contributed by atoms with E-state index in [1.807, 2.05) is 30.0 Å². The lowest BCUT2D eigenvalue weighted by molar-refractivity contribution is -0.143. The first-order valence-corrected chi connectivity index (χ1v) is 9.84. The van der Waals surface area contributed by atoms with Crippen molar-refractivity contribution in [3.05, 3.63) is 40.7 Å². The number of pyridine rings is 1. The van der Waals surface area contributed by atoms with E-state index in [9.17, 15) is 9.59 Å². The number of rotatable bonds is 4. The zero-order chi connectivity index (χ0) is 18.8. The third kappa shape index (κ3) is 3.70. The SMILES string of the molecule is Cc1snnc1C(=O)N1CC[C@H]2O[C@@H](C(=O)NCc3ccccn3)CC[C@H]21. The molecule has 2 aromatic rings. The molecule has 2 aromatic heterocycles. The van der Waals surface area contributed by atoms with Crippen LogP contribution in [0.4, 0.5) is 0 Å². The van der Waals surface area contributed by atoms with Crippen molar-refractivity contribution < 1.29 is 14.3 Å². The summed E-state index contributed by atoms with van der Waals surface area (Å²) in [4.78, 5) is 32.0. The summed E-state index contributed by atoms with van der Waals surface area (Å²) in [7, 11) is 0. The maximum Gasteiger partial charge on any atom is 0.275 e. The zero-order valence-corrected chi connectivity index (χ0v) is 15.8. The van der Waals surface area contributed by atoms with Gasteiger partial charge in [-0.1, -0.05) is 10.6 Å². The molecule has 3 atom stereocenters. The fourth-order valence-corrected chi connectivity index (χ4v) is 4.19. The number of hydrogen-bond acceptors (Lipinski definition) is 7. The monoisotopic (exact) mass is 387 g/mol. The van der Waals surface area contributed by atoms with E-state index in [0.717, 1.165) is 23.4 Å². The summed E-state index contributed by atoms with van der Waals surface area (Å²) in [6, 6.07) is 5.60. The van der Waals surface area contributed by atoms with E-state index in [-0.39, 0.29) is 24.0 Å². The van der Waals surface area contributed by atoms with Crippen LogP contribution in [0.3, 0.4) is 0 Å². The minimum atomic E-state index is -0.479. The quantitative estimate of drug-likeness (QED) is 0.850. The van der Waals surface area contributed by atoms with Gasteiger partial charge in [0.1, 0.15) is 6.10 Å². The van der Waals surface area contributed by atoms with Crippen LogP contribution in [0.2, 0.25) is 0 Å². The van der Waals surface area contributed by atoms with E-state index in [1.165, 1.54) is 11.5 Å². The van der Waals surface area contributed by atoms with E-state index in [0.29, 0.717) is 25.2 Å². The van der Waals surface area contributed by atoms with Gasteiger partial charge in [-0.15, -0.1) is 5.10 Å². The van der Waals surface area contributed by atoms with E-state index >= 15 is 0 Å². The van der Waals surface area contributed by atoms with Gasteiger partial charge in [-0.2, -0.15) is 0 Å². The molecule has 0 radical (unpaired) electrons. The molecule has 2 saturated heterocycles. The zero-order valence-electron chi connectivity index (χ0n) is 15.0. The molecule has 9 heteroatoms. The van der Waals surface area contributed by atoms with Crippen LogP contribution in [0.1, 0.15) is 40.3 Å². The summed E-state index contributed by atoms with van der Waals surface area (Å²) in [5.74, 6) is -0.209. The van der Waals surface area contributed by atoms with Gasteiger partial charge in [-0.3, -0.25) is 14.6 Å². The largest absolute Gasteiger partial charge is 0.363 e. The van der Waals surface area contributed by atoms with E-state index in [2.05, 4.69) is 19.9 Å². The number of fused-ring (bicyclic) bond motifs is 1. The Bertz CT molecular complexity index is 827.